The van der Waals surface area contributed by atoms with Gasteiger partial charge in [-0.3, -0.25) is 24.1 Å². The van der Waals surface area contributed by atoms with Crippen LogP contribution in [-0.2, 0) is 32.1 Å². The molecule has 40 heavy (non-hydrogen) atoms. The maximum absolute atomic E-state index is 13.9. The first kappa shape index (κ1) is 29.1. The lowest BCUT2D eigenvalue weighted by atomic mass is 9.85. The highest BCUT2D eigenvalue weighted by Gasteiger charge is 2.47. The molecule has 0 unspecified atom stereocenters. The van der Waals surface area contributed by atoms with Crippen molar-refractivity contribution in [2.75, 3.05) is 13.7 Å². The summed E-state index contributed by atoms with van der Waals surface area (Å²) in [5.74, 6) is -1.03. The van der Waals surface area contributed by atoms with Gasteiger partial charge >= 0.3 is 0 Å². The Kier molecular flexibility index (Phi) is 9.07. The first-order valence-corrected chi connectivity index (χ1v) is 13.9. The molecule has 1 heterocycles. The first-order valence-electron chi connectivity index (χ1n) is 13.9. The van der Waals surface area contributed by atoms with Crippen molar-refractivity contribution in [2.45, 2.75) is 64.6 Å². The molecule has 1 fully saturated rings. The molecule has 212 valence electrons. The predicted octanol–water partition coefficient (Wildman–Crippen LogP) is 3.89. The number of likely N-dealkylation sites (tertiary alicyclic amines) is 1. The number of nitrogens with zero attached hydrogens (tertiary/aromatic N) is 2. The van der Waals surface area contributed by atoms with E-state index in [0.717, 1.165) is 11.1 Å². The highest BCUT2D eigenvalue weighted by atomic mass is 16.5. The first-order chi connectivity index (χ1) is 19.1. The fourth-order valence-electron chi connectivity index (χ4n) is 5.41. The van der Waals surface area contributed by atoms with Gasteiger partial charge in [0.2, 0.25) is 23.6 Å². The van der Waals surface area contributed by atoms with Crippen molar-refractivity contribution < 1.29 is 23.9 Å². The van der Waals surface area contributed by atoms with E-state index in [1.807, 2.05) is 87.5 Å². The maximum Gasteiger partial charge on any atom is 0.243 e. The molecule has 1 aliphatic heterocycles. The van der Waals surface area contributed by atoms with Gasteiger partial charge in [-0.05, 0) is 56.9 Å². The highest BCUT2D eigenvalue weighted by molar-refractivity contribution is 6.05. The molecule has 2 aliphatic rings. The van der Waals surface area contributed by atoms with Crippen LogP contribution in [-0.4, -0.2) is 58.7 Å². The number of hydrogen-bond donors (Lipinski definition) is 1. The largest absolute Gasteiger partial charge is 0.497 e. The third kappa shape index (κ3) is 6.97. The molecule has 8 heteroatoms. The standard InChI is InChI=1S/C32H39N3O5/c1-32(2,3)33-29(37)27(20-22-11-6-5-7-12-22)35(21-23-13-10-14-24(19-23)40-4)28(36)17-18-34-30(38)25-15-8-9-16-26(25)31(34)39/h5-14,19,25-27H,15-18,20-21H2,1-4H3,(H,33,37)/t25-,26+,27-/m1/s1. The van der Waals surface area contributed by atoms with Crippen LogP contribution in [0.2, 0.25) is 0 Å². The monoisotopic (exact) mass is 545 g/mol. The van der Waals surface area contributed by atoms with Gasteiger partial charge in [-0.2, -0.15) is 0 Å². The molecule has 1 aliphatic carbocycles. The number of amides is 4. The van der Waals surface area contributed by atoms with Crippen molar-refractivity contribution in [2.24, 2.45) is 11.8 Å². The Morgan fingerprint density at radius 1 is 0.975 bits per heavy atom. The van der Waals surface area contributed by atoms with E-state index in [-0.39, 0.29) is 55.0 Å². The zero-order chi connectivity index (χ0) is 28.9. The van der Waals surface area contributed by atoms with Crippen LogP contribution >= 0.6 is 0 Å². The van der Waals surface area contributed by atoms with E-state index >= 15 is 0 Å². The van der Waals surface area contributed by atoms with Gasteiger partial charge in [0, 0.05) is 31.5 Å². The molecular formula is C32H39N3O5. The van der Waals surface area contributed by atoms with E-state index < -0.39 is 11.6 Å². The number of methoxy groups -OCH3 is 1. The van der Waals surface area contributed by atoms with E-state index in [1.165, 1.54) is 4.90 Å². The maximum atomic E-state index is 13.9. The molecule has 1 saturated heterocycles. The Morgan fingerprint density at radius 2 is 1.60 bits per heavy atom. The summed E-state index contributed by atoms with van der Waals surface area (Å²) in [6, 6.07) is 16.2. The van der Waals surface area contributed by atoms with Crippen molar-refractivity contribution in [1.29, 1.82) is 0 Å². The Bertz CT molecular complexity index is 1240. The Labute approximate surface area is 236 Å². The van der Waals surface area contributed by atoms with E-state index in [0.29, 0.717) is 25.0 Å². The average molecular weight is 546 g/mol. The Hall–Kier alpha value is -3.94. The number of hydrogen-bond acceptors (Lipinski definition) is 5. The minimum Gasteiger partial charge on any atom is -0.497 e. The van der Waals surface area contributed by atoms with E-state index in [2.05, 4.69) is 5.32 Å². The van der Waals surface area contributed by atoms with Crippen molar-refractivity contribution in [3.05, 3.63) is 77.9 Å². The molecular weight excluding hydrogens is 506 g/mol. The Balaban J connectivity index is 1.61. The summed E-state index contributed by atoms with van der Waals surface area (Å²) in [4.78, 5) is 56.5. The van der Waals surface area contributed by atoms with Crippen molar-refractivity contribution in [1.82, 2.24) is 15.1 Å². The van der Waals surface area contributed by atoms with E-state index in [4.69, 9.17) is 4.74 Å². The number of rotatable bonds is 10. The van der Waals surface area contributed by atoms with Crippen LogP contribution in [0.1, 0.15) is 51.2 Å². The Morgan fingerprint density at radius 3 is 2.20 bits per heavy atom. The highest BCUT2D eigenvalue weighted by Crippen LogP contribution is 2.35. The van der Waals surface area contributed by atoms with Crippen LogP contribution in [0.25, 0.3) is 0 Å². The molecule has 0 bridgehead atoms. The lowest BCUT2D eigenvalue weighted by Crippen LogP contribution is -2.54. The minimum atomic E-state index is -0.808. The van der Waals surface area contributed by atoms with Gasteiger partial charge in [-0.1, -0.05) is 54.6 Å². The summed E-state index contributed by atoms with van der Waals surface area (Å²) >= 11 is 0. The third-order valence-corrected chi connectivity index (χ3v) is 7.40. The van der Waals surface area contributed by atoms with Crippen LogP contribution in [0.5, 0.6) is 5.75 Å². The van der Waals surface area contributed by atoms with E-state index in [1.54, 1.807) is 12.0 Å². The number of imide groups is 1. The zero-order valence-corrected chi connectivity index (χ0v) is 23.8. The third-order valence-electron chi connectivity index (χ3n) is 7.40. The minimum absolute atomic E-state index is 0.00292. The van der Waals surface area contributed by atoms with Gasteiger partial charge < -0.3 is 15.0 Å². The average Bonchev–Trinajstić information content (AvgIpc) is 3.18. The molecule has 8 nitrogen and oxygen atoms in total. The molecule has 2 aromatic carbocycles. The summed E-state index contributed by atoms with van der Waals surface area (Å²) in [5.41, 5.74) is 1.22. The topological polar surface area (TPSA) is 96.0 Å². The fraction of sp³-hybridized carbons (Fsp3) is 0.438. The van der Waals surface area contributed by atoms with Crippen LogP contribution < -0.4 is 10.1 Å². The van der Waals surface area contributed by atoms with Crippen molar-refractivity contribution in [3.63, 3.8) is 0 Å². The summed E-state index contributed by atoms with van der Waals surface area (Å²) in [6.45, 7) is 5.87. The van der Waals surface area contributed by atoms with Gasteiger partial charge in [0.15, 0.2) is 0 Å². The molecule has 0 saturated carbocycles. The number of allylic oxidation sites excluding steroid dienone is 2. The SMILES string of the molecule is COc1cccc(CN(C(=O)CCN2C(=O)[C@H]3CC=CC[C@H]3C2=O)[C@H](Cc2ccccc2)C(=O)NC(C)(C)C)c1. The van der Waals surface area contributed by atoms with Crippen LogP contribution in [0, 0.1) is 11.8 Å². The van der Waals surface area contributed by atoms with Gasteiger partial charge in [-0.25, -0.2) is 0 Å². The normalized spacial score (nSPS) is 19.2. The second-order valence-electron chi connectivity index (χ2n) is 11.6. The second-order valence-corrected chi connectivity index (χ2v) is 11.6. The lowest BCUT2D eigenvalue weighted by molar-refractivity contribution is -0.144. The molecule has 3 atom stereocenters. The second kappa shape index (κ2) is 12.5. The van der Waals surface area contributed by atoms with Gasteiger partial charge in [0.1, 0.15) is 11.8 Å². The number of carbonyl (C=O) groups is 4. The van der Waals surface area contributed by atoms with Gasteiger partial charge in [0.05, 0.1) is 18.9 Å². The molecule has 4 rings (SSSR count). The fourth-order valence-corrected chi connectivity index (χ4v) is 5.41. The van der Waals surface area contributed by atoms with E-state index in [9.17, 15) is 19.2 Å². The van der Waals surface area contributed by atoms with Crippen molar-refractivity contribution in [3.8, 4) is 5.75 Å². The lowest BCUT2D eigenvalue weighted by Gasteiger charge is -2.34. The number of carbonyl (C=O) groups excluding carboxylic acids is 4. The zero-order valence-electron chi connectivity index (χ0n) is 23.8. The number of benzene rings is 2. The number of fused-ring (bicyclic) bond motifs is 1. The quantitative estimate of drug-likeness (QED) is 0.361. The van der Waals surface area contributed by atoms with Gasteiger partial charge in [-0.15, -0.1) is 0 Å². The van der Waals surface area contributed by atoms with Gasteiger partial charge in [0.25, 0.3) is 0 Å². The molecule has 0 aromatic heterocycles. The van der Waals surface area contributed by atoms with Crippen LogP contribution in [0.3, 0.4) is 0 Å². The number of ether oxygens (including phenoxy) is 1. The molecule has 0 spiro atoms. The molecule has 4 amide bonds. The predicted molar refractivity (Wildman–Crippen MR) is 152 cm³/mol. The molecule has 1 N–H and O–H groups in total. The number of nitrogens with one attached hydrogen (secondary N) is 1. The summed E-state index contributed by atoms with van der Waals surface area (Å²) in [7, 11) is 1.58. The summed E-state index contributed by atoms with van der Waals surface area (Å²) in [5, 5.41) is 3.05. The summed E-state index contributed by atoms with van der Waals surface area (Å²) < 4.78 is 5.38. The van der Waals surface area contributed by atoms with Crippen molar-refractivity contribution >= 4 is 23.6 Å². The molecule has 0 radical (unpaired) electrons. The van der Waals surface area contributed by atoms with Crippen LogP contribution in [0.15, 0.2) is 66.7 Å². The smallest absolute Gasteiger partial charge is 0.243 e. The molecule has 2 aromatic rings. The summed E-state index contributed by atoms with van der Waals surface area (Å²) in [6.07, 6.45) is 5.23. The van der Waals surface area contributed by atoms with Crippen LogP contribution in [0.4, 0.5) is 0 Å².